The van der Waals surface area contributed by atoms with Gasteiger partial charge in [0, 0.05) is 11.5 Å². The maximum atomic E-state index is 2.34. The number of hydrogen-bond acceptors (Lipinski definition) is 0. The fraction of sp³-hybridized carbons (Fsp3) is 0.250. The number of fused-ring (bicyclic) bond motifs is 2. The molecule has 0 fully saturated rings. The van der Waals surface area contributed by atoms with Crippen LogP contribution in [-0.2, 0) is 12.5 Å². The summed E-state index contributed by atoms with van der Waals surface area (Å²) < 4.78 is 2.27. The molecule has 3 aromatic rings. The van der Waals surface area contributed by atoms with Crippen LogP contribution in [0.5, 0.6) is 0 Å². The Balaban J connectivity index is 2.33. The van der Waals surface area contributed by atoms with Gasteiger partial charge in [-0.25, -0.2) is 4.57 Å². The molecule has 0 aliphatic heterocycles. The van der Waals surface area contributed by atoms with Crippen molar-refractivity contribution in [3.8, 4) is 11.3 Å². The smallest absolute Gasteiger partial charge is 0.200 e. The zero-order chi connectivity index (χ0) is 14.8. The van der Waals surface area contributed by atoms with Gasteiger partial charge in [-0.05, 0) is 29.0 Å². The van der Waals surface area contributed by atoms with Crippen LogP contribution in [0.25, 0.3) is 22.0 Å². The first-order chi connectivity index (χ1) is 10.0. The molecular formula is C20H20N+. The van der Waals surface area contributed by atoms with Crippen molar-refractivity contribution in [3.05, 3.63) is 65.4 Å². The van der Waals surface area contributed by atoms with Crippen molar-refractivity contribution >= 4 is 10.8 Å². The second-order valence-corrected chi connectivity index (χ2v) is 6.67. The van der Waals surface area contributed by atoms with Crippen molar-refractivity contribution in [2.45, 2.75) is 26.2 Å². The molecule has 0 amide bonds. The number of rotatable bonds is 0. The van der Waals surface area contributed by atoms with Crippen LogP contribution in [0.2, 0.25) is 0 Å². The highest BCUT2D eigenvalue weighted by Gasteiger charge is 2.37. The van der Waals surface area contributed by atoms with Gasteiger partial charge in [-0.3, -0.25) is 0 Å². The Morgan fingerprint density at radius 2 is 1.62 bits per heavy atom. The summed E-state index contributed by atoms with van der Waals surface area (Å²) in [4.78, 5) is 0. The Morgan fingerprint density at radius 3 is 2.43 bits per heavy atom. The Kier molecular flexibility index (Phi) is 2.36. The molecule has 0 atom stereocenters. The molecule has 0 saturated carbocycles. The minimum Gasteiger partial charge on any atom is -0.200 e. The summed E-state index contributed by atoms with van der Waals surface area (Å²) in [5.74, 6) is 0. The predicted molar refractivity (Wildman–Crippen MR) is 87.4 cm³/mol. The zero-order valence-electron chi connectivity index (χ0n) is 13.1. The summed E-state index contributed by atoms with van der Waals surface area (Å²) in [7, 11) is 2.15. The first-order valence-corrected chi connectivity index (χ1v) is 7.54. The molecule has 2 aromatic carbocycles. The van der Waals surface area contributed by atoms with E-state index in [9.17, 15) is 0 Å². The molecule has 1 nitrogen and oxygen atoms in total. The van der Waals surface area contributed by atoms with Gasteiger partial charge < -0.3 is 0 Å². The van der Waals surface area contributed by atoms with Crippen molar-refractivity contribution < 1.29 is 4.57 Å². The summed E-state index contributed by atoms with van der Waals surface area (Å²) in [6.45, 7) is 6.91. The SMILES string of the molecule is Cc1cccc2c1-c1c3c(cccc3cc[n+]1C)C2(C)C. The first kappa shape index (κ1) is 12.6. The van der Waals surface area contributed by atoms with Crippen LogP contribution in [0.4, 0.5) is 0 Å². The minimum absolute atomic E-state index is 0.0439. The molecule has 0 bridgehead atoms. The summed E-state index contributed by atoms with van der Waals surface area (Å²) in [6.07, 6.45) is 2.18. The molecule has 0 N–H and O–H groups in total. The molecule has 1 heteroatoms. The molecule has 0 saturated heterocycles. The maximum Gasteiger partial charge on any atom is 0.221 e. The third-order valence-corrected chi connectivity index (χ3v) is 5.02. The molecule has 4 rings (SSSR count). The molecule has 1 aromatic heterocycles. The standard InChI is InChI=1S/C20H20N/c1-13-7-5-9-15-17(13)19-18-14(11-12-21(19)4)8-6-10-16(18)20(15,2)3/h5-12H,1-4H3/q+1. The fourth-order valence-electron chi connectivity index (χ4n) is 3.89. The number of nitrogens with zero attached hydrogens (tertiary/aromatic N) is 1. The van der Waals surface area contributed by atoms with Crippen LogP contribution in [0.15, 0.2) is 48.7 Å². The molecule has 1 aliphatic rings. The van der Waals surface area contributed by atoms with Gasteiger partial charge in [0.05, 0.1) is 10.9 Å². The summed E-state index contributed by atoms with van der Waals surface area (Å²) in [5, 5.41) is 2.75. The van der Waals surface area contributed by atoms with E-state index in [1.54, 1.807) is 0 Å². The van der Waals surface area contributed by atoms with E-state index in [1.807, 2.05) is 0 Å². The zero-order valence-corrected chi connectivity index (χ0v) is 13.1. The quantitative estimate of drug-likeness (QED) is 0.539. The first-order valence-electron chi connectivity index (χ1n) is 7.54. The normalized spacial score (nSPS) is 15.0. The van der Waals surface area contributed by atoms with E-state index < -0.39 is 0 Å². The molecule has 1 aliphatic carbocycles. The third-order valence-electron chi connectivity index (χ3n) is 5.02. The predicted octanol–water partition coefficient (Wildman–Crippen LogP) is 4.28. The van der Waals surface area contributed by atoms with Crippen LogP contribution in [0, 0.1) is 6.92 Å². The minimum atomic E-state index is 0.0439. The number of pyridine rings is 1. The van der Waals surface area contributed by atoms with E-state index in [1.165, 1.54) is 38.7 Å². The highest BCUT2D eigenvalue weighted by molar-refractivity contribution is 6.00. The number of hydrogen-bond donors (Lipinski definition) is 0. The highest BCUT2D eigenvalue weighted by atomic mass is 14.9. The maximum absolute atomic E-state index is 2.34. The summed E-state index contributed by atoms with van der Waals surface area (Å²) >= 11 is 0. The summed E-state index contributed by atoms with van der Waals surface area (Å²) in [6, 6.07) is 15.6. The molecule has 0 unspecified atom stereocenters. The molecular weight excluding hydrogens is 254 g/mol. The van der Waals surface area contributed by atoms with Gasteiger partial charge in [-0.1, -0.05) is 50.2 Å². The average Bonchev–Trinajstić information content (AvgIpc) is 2.46. The largest absolute Gasteiger partial charge is 0.221 e. The Bertz CT molecular complexity index is 888. The van der Waals surface area contributed by atoms with Crippen molar-refractivity contribution in [1.82, 2.24) is 0 Å². The van der Waals surface area contributed by atoms with E-state index in [0.29, 0.717) is 0 Å². The lowest BCUT2D eigenvalue weighted by atomic mass is 9.69. The second kappa shape index (κ2) is 3.94. The summed E-state index contributed by atoms with van der Waals surface area (Å²) in [5.41, 5.74) is 7.04. The van der Waals surface area contributed by atoms with Crippen LogP contribution in [0.1, 0.15) is 30.5 Å². The van der Waals surface area contributed by atoms with Crippen LogP contribution in [-0.4, -0.2) is 0 Å². The van der Waals surface area contributed by atoms with Crippen molar-refractivity contribution in [2.75, 3.05) is 0 Å². The lowest BCUT2D eigenvalue weighted by Crippen LogP contribution is -2.35. The van der Waals surface area contributed by atoms with Crippen LogP contribution >= 0.6 is 0 Å². The topological polar surface area (TPSA) is 3.88 Å². The molecule has 104 valence electrons. The highest BCUT2D eigenvalue weighted by Crippen LogP contribution is 2.47. The van der Waals surface area contributed by atoms with Gasteiger partial charge >= 0.3 is 0 Å². The van der Waals surface area contributed by atoms with E-state index in [0.717, 1.165) is 0 Å². The van der Waals surface area contributed by atoms with E-state index >= 15 is 0 Å². The van der Waals surface area contributed by atoms with Gasteiger partial charge in [0.15, 0.2) is 6.20 Å². The fourth-order valence-corrected chi connectivity index (χ4v) is 3.89. The van der Waals surface area contributed by atoms with Crippen molar-refractivity contribution in [3.63, 3.8) is 0 Å². The van der Waals surface area contributed by atoms with E-state index in [-0.39, 0.29) is 5.41 Å². The number of aromatic nitrogens is 1. The number of aryl methyl sites for hydroxylation is 2. The van der Waals surface area contributed by atoms with Gasteiger partial charge in [0.2, 0.25) is 5.69 Å². The Labute approximate surface area is 125 Å². The van der Waals surface area contributed by atoms with Gasteiger partial charge in [-0.2, -0.15) is 0 Å². The van der Waals surface area contributed by atoms with Gasteiger partial charge in [0.1, 0.15) is 7.05 Å². The molecule has 1 heterocycles. The molecule has 0 spiro atoms. The van der Waals surface area contributed by atoms with E-state index in [4.69, 9.17) is 0 Å². The second-order valence-electron chi connectivity index (χ2n) is 6.67. The third kappa shape index (κ3) is 1.49. The Morgan fingerprint density at radius 1 is 0.905 bits per heavy atom. The van der Waals surface area contributed by atoms with Crippen molar-refractivity contribution in [2.24, 2.45) is 7.05 Å². The lowest BCUT2D eigenvalue weighted by Gasteiger charge is -2.34. The molecule has 0 radical (unpaired) electrons. The van der Waals surface area contributed by atoms with Gasteiger partial charge in [0.25, 0.3) is 0 Å². The monoisotopic (exact) mass is 274 g/mol. The molecule has 21 heavy (non-hydrogen) atoms. The van der Waals surface area contributed by atoms with Gasteiger partial charge in [-0.15, -0.1) is 0 Å². The van der Waals surface area contributed by atoms with E-state index in [2.05, 4.69) is 81.0 Å². The average molecular weight is 274 g/mol. The Hall–Kier alpha value is -2.15. The van der Waals surface area contributed by atoms with Crippen LogP contribution in [0.3, 0.4) is 0 Å². The lowest BCUT2D eigenvalue weighted by molar-refractivity contribution is -0.659. The number of benzene rings is 2. The van der Waals surface area contributed by atoms with Crippen LogP contribution < -0.4 is 4.57 Å². The van der Waals surface area contributed by atoms with Crippen molar-refractivity contribution in [1.29, 1.82) is 0 Å².